The van der Waals surface area contributed by atoms with Crippen molar-refractivity contribution in [1.82, 2.24) is 4.90 Å². The maximum Gasteiger partial charge on any atom is 0.416 e. The van der Waals surface area contributed by atoms with Crippen LogP contribution in [-0.4, -0.2) is 25.5 Å². The summed E-state index contributed by atoms with van der Waals surface area (Å²) < 4.78 is 37.6. The Morgan fingerprint density at radius 2 is 1.82 bits per heavy atom. The first kappa shape index (κ1) is 14.0. The average molecular weight is 245 g/mol. The van der Waals surface area contributed by atoms with E-state index < -0.39 is 11.7 Å². The van der Waals surface area contributed by atoms with Crippen molar-refractivity contribution in [3.63, 3.8) is 0 Å². The van der Waals surface area contributed by atoms with Gasteiger partial charge in [-0.2, -0.15) is 13.2 Å². The number of hydrogen-bond acceptors (Lipinski definition) is 1. The molecular weight excluding hydrogens is 227 g/mol. The zero-order chi connectivity index (χ0) is 13.1. The zero-order valence-electron chi connectivity index (χ0n) is 10.4. The Balaban J connectivity index is 2.77. The van der Waals surface area contributed by atoms with E-state index in [1.165, 1.54) is 6.07 Å². The van der Waals surface area contributed by atoms with E-state index in [1.54, 1.807) is 6.07 Å². The number of benzene rings is 1. The first-order valence-corrected chi connectivity index (χ1v) is 5.62. The van der Waals surface area contributed by atoms with Crippen LogP contribution in [0.4, 0.5) is 13.2 Å². The van der Waals surface area contributed by atoms with Crippen molar-refractivity contribution in [1.29, 1.82) is 0 Å². The number of hydrogen-bond donors (Lipinski definition) is 0. The molecule has 0 atom stereocenters. The van der Waals surface area contributed by atoms with Crippen LogP contribution in [0.15, 0.2) is 18.2 Å². The zero-order valence-corrected chi connectivity index (χ0v) is 10.4. The number of aryl methyl sites for hydroxylation is 2. The molecule has 0 radical (unpaired) electrons. The third-order valence-corrected chi connectivity index (χ3v) is 2.73. The standard InChI is InChI=1S/C13H18F3N/c1-10-6-7-12(13(14,15)16)9-11(10)5-4-8-17(2)3/h6-7,9H,4-5,8H2,1-3H3. The molecule has 0 aromatic heterocycles. The van der Waals surface area contributed by atoms with Crippen LogP contribution in [0.2, 0.25) is 0 Å². The van der Waals surface area contributed by atoms with Gasteiger partial charge in [-0.15, -0.1) is 0 Å². The Morgan fingerprint density at radius 3 is 2.35 bits per heavy atom. The summed E-state index contributed by atoms with van der Waals surface area (Å²) in [7, 11) is 3.91. The van der Waals surface area contributed by atoms with E-state index in [4.69, 9.17) is 0 Å². The Hall–Kier alpha value is -1.03. The molecule has 0 aliphatic heterocycles. The third-order valence-electron chi connectivity index (χ3n) is 2.73. The van der Waals surface area contributed by atoms with Gasteiger partial charge in [0.05, 0.1) is 5.56 Å². The minimum Gasteiger partial charge on any atom is -0.309 e. The molecule has 1 aromatic rings. The summed E-state index contributed by atoms with van der Waals surface area (Å²) >= 11 is 0. The molecule has 0 heterocycles. The average Bonchev–Trinajstić information content (AvgIpc) is 2.18. The molecule has 1 nitrogen and oxygen atoms in total. The van der Waals surface area contributed by atoms with E-state index in [9.17, 15) is 13.2 Å². The summed E-state index contributed by atoms with van der Waals surface area (Å²) in [5, 5.41) is 0. The highest BCUT2D eigenvalue weighted by atomic mass is 19.4. The molecule has 1 rings (SSSR count). The normalized spacial score (nSPS) is 12.2. The molecule has 0 saturated heterocycles. The number of rotatable bonds is 4. The van der Waals surface area contributed by atoms with Gasteiger partial charge in [-0.3, -0.25) is 0 Å². The van der Waals surface area contributed by atoms with Crippen molar-refractivity contribution in [2.24, 2.45) is 0 Å². The van der Waals surface area contributed by atoms with E-state index >= 15 is 0 Å². The molecule has 17 heavy (non-hydrogen) atoms. The highest BCUT2D eigenvalue weighted by molar-refractivity contribution is 5.32. The number of alkyl halides is 3. The van der Waals surface area contributed by atoms with E-state index in [0.29, 0.717) is 6.42 Å². The van der Waals surface area contributed by atoms with Crippen LogP contribution >= 0.6 is 0 Å². The van der Waals surface area contributed by atoms with Crippen LogP contribution in [0.25, 0.3) is 0 Å². The van der Waals surface area contributed by atoms with Crippen molar-refractivity contribution >= 4 is 0 Å². The summed E-state index contributed by atoms with van der Waals surface area (Å²) in [5.74, 6) is 0. The molecule has 0 aliphatic rings. The van der Waals surface area contributed by atoms with Crippen LogP contribution in [0.5, 0.6) is 0 Å². The first-order chi connectivity index (χ1) is 7.80. The maximum atomic E-state index is 12.5. The molecule has 0 N–H and O–H groups in total. The second-order valence-electron chi connectivity index (χ2n) is 4.55. The van der Waals surface area contributed by atoms with E-state index in [-0.39, 0.29) is 0 Å². The fourth-order valence-corrected chi connectivity index (χ4v) is 1.70. The summed E-state index contributed by atoms with van der Waals surface area (Å²) in [5.41, 5.74) is 1.17. The van der Waals surface area contributed by atoms with Crippen LogP contribution in [-0.2, 0) is 12.6 Å². The van der Waals surface area contributed by atoms with Gasteiger partial charge in [0, 0.05) is 0 Å². The van der Waals surface area contributed by atoms with E-state index in [1.807, 2.05) is 25.9 Å². The second-order valence-corrected chi connectivity index (χ2v) is 4.55. The topological polar surface area (TPSA) is 3.24 Å². The Labute approximate surface area is 100 Å². The van der Waals surface area contributed by atoms with Crippen molar-refractivity contribution in [2.75, 3.05) is 20.6 Å². The summed E-state index contributed by atoms with van der Waals surface area (Å²) in [6.45, 7) is 2.74. The summed E-state index contributed by atoms with van der Waals surface area (Å²) in [6, 6.07) is 3.96. The second kappa shape index (κ2) is 5.54. The molecule has 0 saturated carbocycles. The van der Waals surface area contributed by atoms with Crippen LogP contribution in [0.3, 0.4) is 0 Å². The van der Waals surface area contributed by atoms with Gasteiger partial charge in [0.2, 0.25) is 0 Å². The van der Waals surface area contributed by atoms with Gasteiger partial charge in [-0.1, -0.05) is 6.07 Å². The predicted octanol–water partition coefficient (Wildman–Crippen LogP) is 3.51. The van der Waals surface area contributed by atoms with E-state index in [0.717, 1.165) is 30.2 Å². The largest absolute Gasteiger partial charge is 0.416 e. The quantitative estimate of drug-likeness (QED) is 0.784. The summed E-state index contributed by atoms with van der Waals surface area (Å²) in [4.78, 5) is 2.03. The van der Waals surface area contributed by atoms with E-state index in [2.05, 4.69) is 0 Å². The summed E-state index contributed by atoms with van der Waals surface area (Å²) in [6.07, 6.45) is -2.69. The van der Waals surface area contributed by atoms with Crippen LogP contribution in [0, 0.1) is 6.92 Å². The smallest absolute Gasteiger partial charge is 0.309 e. The molecular formula is C13H18F3N. The molecule has 0 unspecified atom stereocenters. The molecule has 1 aromatic carbocycles. The molecule has 0 spiro atoms. The lowest BCUT2D eigenvalue weighted by Gasteiger charge is -2.13. The van der Waals surface area contributed by atoms with Gasteiger partial charge in [0.25, 0.3) is 0 Å². The SMILES string of the molecule is Cc1ccc(C(F)(F)F)cc1CCCN(C)C. The Bertz CT molecular complexity index is 369. The highest BCUT2D eigenvalue weighted by Gasteiger charge is 2.30. The molecule has 4 heteroatoms. The van der Waals surface area contributed by atoms with Crippen LogP contribution < -0.4 is 0 Å². The van der Waals surface area contributed by atoms with Crippen LogP contribution in [0.1, 0.15) is 23.1 Å². The van der Waals surface area contributed by atoms with Gasteiger partial charge in [-0.05, 0) is 63.7 Å². The maximum absolute atomic E-state index is 12.5. The van der Waals surface area contributed by atoms with Crippen molar-refractivity contribution in [2.45, 2.75) is 25.9 Å². The van der Waals surface area contributed by atoms with Gasteiger partial charge in [0.1, 0.15) is 0 Å². The number of nitrogens with zero attached hydrogens (tertiary/aromatic N) is 1. The number of halogens is 3. The monoisotopic (exact) mass is 245 g/mol. The van der Waals surface area contributed by atoms with Gasteiger partial charge < -0.3 is 4.90 Å². The van der Waals surface area contributed by atoms with Gasteiger partial charge >= 0.3 is 6.18 Å². The van der Waals surface area contributed by atoms with Crippen molar-refractivity contribution in [3.8, 4) is 0 Å². The third kappa shape index (κ3) is 4.38. The first-order valence-electron chi connectivity index (χ1n) is 5.62. The minimum atomic E-state index is -4.25. The Kier molecular flexibility index (Phi) is 4.57. The molecule has 0 bridgehead atoms. The van der Waals surface area contributed by atoms with Crippen molar-refractivity contribution < 1.29 is 13.2 Å². The van der Waals surface area contributed by atoms with Crippen molar-refractivity contribution in [3.05, 3.63) is 34.9 Å². The lowest BCUT2D eigenvalue weighted by atomic mass is 10.0. The van der Waals surface area contributed by atoms with Gasteiger partial charge in [-0.25, -0.2) is 0 Å². The molecule has 0 fully saturated rings. The fourth-order valence-electron chi connectivity index (χ4n) is 1.70. The Morgan fingerprint density at radius 1 is 1.18 bits per heavy atom. The lowest BCUT2D eigenvalue weighted by molar-refractivity contribution is -0.137. The predicted molar refractivity (Wildman–Crippen MR) is 63.1 cm³/mol. The fraction of sp³-hybridized carbons (Fsp3) is 0.538. The molecule has 96 valence electrons. The highest BCUT2D eigenvalue weighted by Crippen LogP contribution is 2.30. The molecule has 0 aliphatic carbocycles. The minimum absolute atomic E-state index is 0.553. The molecule has 0 amide bonds. The lowest BCUT2D eigenvalue weighted by Crippen LogP contribution is -2.14. The van der Waals surface area contributed by atoms with Gasteiger partial charge in [0.15, 0.2) is 0 Å².